The van der Waals surface area contributed by atoms with E-state index in [0.717, 1.165) is 44.3 Å². The Morgan fingerprint density at radius 2 is 1.69 bits per heavy atom. The second kappa shape index (κ2) is 11.2. The molecule has 0 atom stereocenters. The van der Waals surface area contributed by atoms with Crippen molar-refractivity contribution in [1.29, 1.82) is 0 Å². The van der Waals surface area contributed by atoms with Crippen LogP contribution in [0.25, 0.3) is 0 Å². The van der Waals surface area contributed by atoms with Gasteiger partial charge in [0, 0.05) is 50.8 Å². The SMILES string of the molecule is CN(Cc1ccccc1)C(=O)C1CCN(C2CCN(C(=O)c3ccc([N+](=O)[O-])cc3Cl)CC2)CC1. The first-order chi connectivity index (χ1) is 16.8. The first-order valence-corrected chi connectivity index (χ1v) is 12.5. The van der Waals surface area contributed by atoms with Crippen molar-refractivity contribution in [2.24, 2.45) is 5.92 Å². The average Bonchev–Trinajstić information content (AvgIpc) is 2.88. The summed E-state index contributed by atoms with van der Waals surface area (Å²) in [6.45, 7) is 3.65. The van der Waals surface area contributed by atoms with E-state index in [2.05, 4.69) is 4.90 Å². The fraction of sp³-hybridized carbons (Fsp3) is 0.462. The van der Waals surface area contributed by atoms with Gasteiger partial charge in [0.2, 0.25) is 5.91 Å². The molecule has 2 saturated heterocycles. The minimum atomic E-state index is -0.524. The van der Waals surface area contributed by atoms with Crippen LogP contribution in [-0.4, -0.2) is 70.7 Å². The summed E-state index contributed by atoms with van der Waals surface area (Å²) in [4.78, 5) is 42.3. The molecule has 0 aliphatic carbocycles. The van der Waals surface area contributed by atoms with E-state index in [9.17, 15) is 19.7 Å². The van der Waals surface area contributed by atoms with Gasteiger partial charge in [-0.15, -0.1) is 0 Å². The van der Waals surface area contributed by atoms with Gasteiger partial charge >= 0.3 is 0 Å². The summed E-state index contributed by atoms with van der Waals surface area (Å²) in [5, 5.41) is 11.0. The van der Waals surface area contributed by atoms with Crippen LogP contribution < -0.4 is 0 Å². The highest BCUT2D eigenvalue weighted by molar-refractivity contribution is 6.34. The Morgan fingerprint density at radius 3 is 2.29 bits per heavy atom. The molecule has 8 nitrogen and oxygen atoms in total. The van der Waals surface area contributed by atoms with Crippen LogP contribution in [-0.2, 0) is 11.3 Å². The zero-order chi connectivity index (χ0) is 24.9. The minimum Gasteiger partial charge on any atom is -0.341 e. The van der Waals surface area contributed by atoms with E-state index >= 15 is 0 Å². The van der Waals surface area contributed by atoms with Crippen molar-refractivity contribution < 1.29 is 14.5 Å². The van der Waals surface area contributed by atoms with Crippen molar-refractivity contribution >= 4 is 29.1 Å². The van der Waals surface area contributed by atoms with E-state index in [0.29, 0.717) is 31.2 Å². The van der Waals surface area contributed by atoms with Crippen LogP contribution in [0.5, 0.6) is 0 Å². The zero-order valence-electron chi connectivity index (χ0n) is 19.9. The van der Waals surface area contributed by atoms with Gasteiger partial charge in [-0.3, -0.25) is 19.7 Å². The number of carbonyl (C=O) groups excluding carboxylic acids is 2. The maximum absolute atomic E-state index is 12.9. The molecular formula is C26H31ClN4O4. The molecule has 2 aliphatic heterocycles. The first-order valence-electron chi connectivity index (χ1n) is 12.1. The number of hydrogen-bond donors (Lipinski definition) is 0. The van der Waals surface area contributed by atoms with Crippen molar-refractivity contribution in [2.75, 3.05) is 33.2 Å². The normalized spacial score (nSPS) is 17.8. The van der Waals surface area contributed by atoms with Crippen LogP contribution in [0.3, 0.4) is 0 Å². The maximum atomic E-state index is 12.9. The molecule has 9 heteroatoms. The molecule has 2 aromatic rings. The molecule has 186 valence electrons. The summed E-state index contributed by atoms with van der Waals surface area (Å²) in [7, 11) is 1.88. The molecule has 0 N–H and O–H groups in total. The summed E-state index contributed by atoms with van der Waals surface area (Å²) in [5.74, 6) is 0.0916. The zero-order valence-corrected chi connectivity index (χ0v) is 20.7. The lowest BCUT2D eigenvalue weighted by molar-refractivity contribution is -0.384. The number of halogens is 1. The van der Waals surface area contributed by atoms with Crippen LogP contribution in [0, 0.1) is 16.0 Å². The fourth-order valence-corrected chi connectivity index (χ4v) is 5.41. The molecule has 2 heterocycles. The molecule has 2 aliphatic rings. The lowest BCUT2D eigenvalue weighted by Gasteiger charge is -2.42. The Kier molecular flexibility index (Phi) is 8.03. The molecular weight excluding hydrogens is 468 g/mol. The van der Waals surface area contributed by atoms with Crippen LogP contribution in [0.4, 0.5) is 5.69 Å². The van der Waals surface area contributed by atoms with Gasteiger partial charge in [-0.1, -0.05) is 41.9 Å². The number of likely N-dealkylation sites (tertiary alicyclic amines) is 2. The number of benzene rings is 2. The van der Waals surface area contributed by atoms with Crippen molar-refractivity contribution in [3.63, 3.8) is 0 Å². The third-order valence-electron chi connectivity index (χ3n) is 7.18. The van der Waals surface area contributed by atoms with Crippen molar-refractivity contribution in [3.8, 4) is 0 Å². The number of amides is 2. The predicted molar refractivity (Wildman–Crippen MR) is 134 cm³/mol. The van der Waals surface area contributed by atoms with Gasteiger partial charge in [-0.2, -0.15) is 0 Å². The second-order valence-corrected chi connectivity index (χ2v) is 9.84. The predicted octanol–water partition coefficient (Wildman–Crippen LogP) is 4.22. The minimum absolute atomic E-state index is 0.0610. The monoisotopic (exact) mass is 498 g/mol. The van der Waals surface area contributed by atoms with Crippen molar-refractivity contribution in [3.05, 3.63) is 74.8 Å². The molecule has 2 aromatic carbocycles. The Bertz CT molecular complexity index is 1060. The molecule has 35 heavy (non-hydrogen) atoms. The van der Waals surface area contributed by atoms with Gasteiger partial charge in [0.25, 0.3) is 11.6 Å². The Labute approximate surface area is 210 Å². The Morgan fingerprint density at radius 1 is 1.03 bits per heavy atom. The Hall–Kier alpha value is -2.97. The van der Waals surface area contributed by atoms with Crippen LogP contribution in [0.2, 0.25) is 5.02 Å². The summed E-state index contributed by atoms with van der Waals surface area (Å²) in [6, 6.07) is 14.4. The number of nitro groups is 1. The number of rotatable bonds is 6. The molecule has 0 bridgehead atoms. The smallest absolute Gasteiger partial charge is 0.270 e. The van der Waals surface area contributed by atoms with Crippen LogP contribution in [0.15, 0.2) is 48.5 Å². The number of non-ortho nitro benzene ring substituents is 1. The Balaban J connectivity index is 1.24. The summed E-state index contributed by atoms with van der Waals surface area (Å²) >= 11 is 6.15. The molecule has 0 saturated carbocycles. The van der Waals surface area contributed by atoms with E-state index < -0.39 is 4.92 Å². The molecule has 2 fully saturated rings. The largest absolute Gasteiger partial charge is 0.341 e. The van der Waals surface area contributed by atoms with Crippen molar-refractivity contribution in [2.45, 2.75) is 38.3 Å². The van der Waals surface area contributed by atoms with Gasteiger partial charge < -0.3 is 14.7 Å². The van der Waals surface area contributed by atoms with Crippen molar-refractivity contribution in [1.82, 2.24) is 14.7 Å². The van der Waals surface area contributed by atoms with E-state index in [4.69, 9.17) is 11.6 Å². The highest BCUT2D eigenvalue weighted by atomic mass is 35.5. The number of nitrogens with zero attached hydrogens (tertiary/aromatic N) is 4. The third kappa shape index (κ3) is 6.00. The number of piperidine rings is 2. The standard InChI is InChI=1S/C26H31ClN4O4/c1-28(18-19-5-3-2-4-6-19)25(32)20-9-13-29(14-10-20)21-11-15-30(16-12-21)26(33)23-8-7-22(31(34)35)17-24(23)27/h2-8,17,20-21H,9-16,18H2,1H3. The maximum Gasteiger partial charge on any atom is 0.270 e. The van der Waals surface area contributed by atoms with E-state index in [1.807, 2.05) is 42.3 Å². The molecule has 4 rings (SSSR count). The molecule has 0 unspecified atom stereocenters. The van der Waals surface area contributed by atoms with Gasteiger partial charge in [0.1, 0.15) is 0 Å². The highest BCUT2D eigenvalue weighted by Crippen LogP contribution is 2.28. The van der Waals surface area contributed by atoms with Gasteiger partial charge in [0.15, 0.2) is 0 Å². The average molecular weight is 499 g/mol. The number of nitro benzene ring substituents is 1. The third-order valence-corrected chi connectivity index (χ3v) is 7.49. The summed E-state index contributed by atoms with van der Waals surface area (Å²) in [5.41, 5.74) is 1.31. The number of carbonyl (C=O) groups is 2. The van der Waals surface area contributed by atoms with E-state index in [-0.39, 0.29) is 28.4 Å². The molecule has 2 amide bonds. The molecule has 0 aromatic heterocycles. The lowest BCUT2D eigenvalue weighted by atomic mass is 9.92. The van der Waals surface area contributed by atoms with E-state index in [1.54, 1.807) is 4.90 Å². The summed E-state index contributed by atoms with van der Waals surface area (Å²) < 4.78 is 0. The molecule has 0 radical (unpaired) electrons. The quantitative estimate of drug-likeness (QED) is 0.439. The first kappa shape index (κ1) is 25.1. The summed E-state index contributed by atoms with van der Waals surface area (Å²) in [6.07, 6.45) is 3.44. The fourth-order valence-electron chi connectivity index (χ4n) is 5.15. The highest BCUT2D eigenvalue weighted by Gasteiger charge is 2.33. The number of hydrogen-bond acceptors (Lipinski definition) is 5. The second-order valence-electron chi connectivity index (χ2n) is 9.43. The van der Waals surface area contributed by atoms with Crippen LogP contribution in [0.1, 0.15) is 41.6 Å². The van der Waals surface area contributed by atoms with Gasteiger partial charge in [-0.25, -0.2) is 0 Å². The van der Waals surface area contributed by atoms with Gasteiger partial charge in [-0.05, 0) is 50.4 Å². The van der Waals surface area contributed by atoms with Crippen LogP contribution >= 0.6 is 11.6 Å². The lowest BCUT2D eigenvalue weighted by Crippen LogP contribution is -2.50. The molecule has 0 spiro atoms. The van der Waals surface area contributed by atoms with E-state index in [1.165, 1.54) is 18.2 Å². The van der Waals surface area contributed by atoms with Gasteiger partial charge in [0.05, 0.1) is 15.5 Å². The topological polar surface area (TPSA) is 87.0 Å².